The molecule has 1 rings (SSSR count). The Bertz CT molecular complexity index is 331. The van der Waals surface area contributed by atoms with Gasteiger partial charge >= 0.3 is 0 Å². The molecule has 0 aliphatic carbocycles. The fourth-order valence-electron chi connectivity index (χ4n) is 2.68. The molecule has 2 amide bonds. The highest BCUT2D eigenvalue weighted by Gasteiger charge is 2.43. The first-order chi connectivity index (χ1) is 8.93. The summed E-state index contributed by atoms with van der Waals surface area (Å²) in [4.78, 5) is 26.5. The van der Waals surface area contributed by atoms with Gasteiger partial charge in [0.15, 0.2) is 0 Å². The largest absolute Gasteiger partial charge is 0.383 e. The molecule has 0 aromatic rings. The highest BCUT2D eigenvalue weighted by Crippen LogP contribution is 2.22. The highest BCUT2D eigenvalue weighted by molar-refractivity contribution is 5.97. The minimum absolute atomic E-state index is 0.0182. The van der Waals surface area contributed by atoms with Gasteiger partial charge in [-0.25, -0.2) is 0 Å². The minimum Gasteiger partial charge on any atom is -0.383 e. The van der Waals surface area contributed by atoms with Crippen LogP contribution >= 0.6 is 0 Å². The fraction of sp³-hybridized carbons (Fsp3) is 0.857. The van der Waals surface area contributed by atoms with E-state index in [1.807, 2.05) is 27.7 Å². The Hall–Kier alpha value is -1.10. The maximum Gasteiger partial charge on any atom is 0.246 e. The predicted octanol–water partition coefficient (Wildman–Crippen LogP) is 1.17. The number of hydrogen-bond donors (Lipinski definition) is 1. The van der Waals surface area contributed by atoms with Gasteiger partial charge < -0.3 is 15.0 Å². The molecule has 0 saturated carbocycles. The van der Waals surface area contributed by atoms with Gasteiger partial charge in [-0.2, -0.15) is 0 Å². The molecule has 5 nitrogen and oxygen atoms in total. The highest BCUT2D eigenvalue weighted by atomic mass is 16.5. The summed E-state index contributed by atoms with van der Waals surface area (Å²) >= 11 is 0. The second-order valence-corrected chi connectivity index (χ2v) is 5.59. The van der Waals surface area contributed by atoms with Crippen LogP contribution < -0.4 is 5.32 Å². The van der Waals surface area contributed by atoms with Crippen LogP contribution in [0.4, 0.5) is 0 Å². The van der Waals surface area contributed by atoms with Crippen molar-refractivity contribution in [2.75, 3.05) is 13.7 Å². The maximum absolute atomic E-state index is 12.5. The van der Waals surface area contributed by atoms with Gasteiger partial charge in [0.05, 0.1) is 12.6 Å². The Morgan fingerprint density at radius 3 is 2.42 bits per heavy atom. The monoisotopic (exact) mass is 270 g/mol. The Balaban J connectivity index is 2.99. The van der Waals surface area contributed by atoms with Gasteiger partial charge in [-0.1, -0.05) is 27.2 Å². The van der Waals surface area contributed by atoms with Crippen molar-refractivity contribution in [3.63, 3.8) is 0 Å². The van der Waals surface area contributed by atoms with Crippen LogP contribution in [-0.4, -0.2) is 48.6 Å². The Morgan fingerprint density at radius 1 is 1.32 bits per heavy atom. The van der Waals surface area contributed by atoms with E-state index >= 15 is 0 Å². The summed E-state index contributed by atoms with van der Waals surface area (Å²) in [6, 6.07) is -0.868. The van der Waals surface area contributed by atoms with E-state index in [4.69, 9.17) is 4.74 Å². The predicted molar refractivity (Wildman–Crippen MR) is 73.6 cm³/mol. The number of rotatable bonds is 6. The molecule has 19 heavy (non-hydrogen) atoms. The molecule has 110 valence electrons. The van der Waals surface area contributed by atoms with Crippen molar-refractivity contribution >= 4 is 11.8 Å². The molecular formula is C14H26N2O3. The number of amides is 2. The average Bonchev–Trinajstić information content (AvgIpc) is 2.32. The number of piperazine rings is 1. The van der Waals surface area contributed by atoms with Crippen molar-refractivity contribution in [3.8, 4) is 0 Å². The maximum atomic E-state index is 12.5. The molecule has 3 atom stereocenters. The number of nitrogens with zero attached hydrogens (tertiary/aromatic N) is 1. The summed E-state index contributed by atoms with van der Waals surface area (Å²) in [6.45, 7) is 8.31. The topological polar surface area (TPSA) is 58.6 Å². The van der Waals surface area contributed by atoms with E-state index < -0.39 is 6.04 Å². The van der Waals surface area contributed by atoms with Crippen molar-refractivity contribution in [3.05, 3.63) is 0 Å². The summed E-state index contributed by atoms with van der Waals surface area (Å²) in [5, 5.41) is 2.85. The normalized spacial score (nSPS) is 25.7. The SMILES string of the molecule is CCCC1NC(=O)C(C(C)C)N(C(C)COC)C1=O. The molecule has 0 bridgehead atoms. The van der Waals surface area contributed by atoms with Crippen molar-refractivity contribution in [2.24, 2.45) is 5.92 Å². The van der Waals surface area contributed by atoms with Crippen molar-refractivity contribution < 1.29 is 14.3 Å². The van der Waals surface area contributed by atoms with E-state index in [1.54, 1.807) is 12.0 Å². The number of hydrogen-bond acceptors (Lipinski definition) is 3. The van der Waals surface area contributed by atoms with Crippen LogP contribution in [0.3, 0.4) is 0 Å². The van der Waals surface area contributed by atoms with Crippen LogP contribution in [-0.2, 0) is 14.3 Å². The van der Waals surface area contributed by atoms with Crippen molar-refractivity contribution in [1.82, 2.24) is 10.2 Å². The van der Waals surface area contributed by atoms with E-state index in [9.17, 15) is 9.59 Å². The Morgan fingerprint density at radius 2 is 1.95 bits per heavy atom. The first-order valence-corrected chi connectivity index (χ1v) is 7.05. The number of nitrogens with one attached hydrogen (secondary N) is 1. The van der Waals surface area contributed by atoms with Crippen LogP contribution in [0.2, 0.25) is 0 Å². The molecule has 1 aliphatic rings. The molecule has 1 N–H and O–H groups in total. The lowest BCUT2D eigenvalue weighted by molar-refractivity contribution is -0.155. The quantitative estimate of drug-likeness (QED) is 0.788. The van der Waals surface area contributed by atoms with Gasteiger partial charge in [0.1, 0.15) is 12.1 Å². The molecule has 1 saturated heterocycles. The first kappa shape index (κ1) is 16.0. The minimum atomic E-state index is -0.397. The Labute approximate surface area is 115 Å². The summed E-state index contributed by atoms with van der Waals surface area (Å²) in [7, 11) is 1.61. The average molecular weight is 270 g/mol. The fourth-order valence-corrected chi connectivity index (χ4v) is 2.68. The molecule has 0 aromatic heterocycles. The van der Waals surface area contributed by atoms with Crippen LogP contribution in [0.15, 0.2) is 0 Å². The molecule has 1 fully saturated rings. The van der Waals surface area contributed by atoms with Gasteiger partial charge in [-0.05, 0) is 19.3 Å². The number of ether oxygens (including phenoxy) is 1. The third kappa shape index (κ3) is 3.47. The van der Waals surface area contributed by atoms with E-state index in [1.165, 1.54) is 0 Å². The summed E-state index contributed by atoms with van der Waals surface area (Å²) < 4.78 is 5.14. The third-order valence-electron chi connectivity index (χ3n) is 3.53. The van der Waals surface area contributed by atoms with Crippen LogP contribution in [0.1, 0.15) is 40.5 Å². The lowest BCUT2D eigenvalue weighted by Crippen LogP contribution is -2.67. The van der Waals surface area contributed by atoms with E-state index in [-0.39, 0.29) is 29.8 Å². The molecule has 3 unspecified atom stereocenters. The van der Waals surface area contributed by atoms with Crippen molar-refractivity contribution in [2.45, 2.75) is 58.7 Å². The lowest BCUT2D eigenvalue weighted by Gasteiger charge is -2.43. The third-order valence-corrected chi connectivity index (χ3v) is 3.53. The number of carbonyl (C=O) groups excluding carboxylic acids is 2. The van der Waals surface area contributed by atoms with E-state index in [0.717, 1.165) is 6.42 Å². The molecule has 5 heteroatoms. The van der Waals surface area contributed by atoms with Crippen LogP contribution in [0.25, 0.3) is 0 Å². The smallest absolute Gasteiger partial charge is 0.246 e. The number of methoxy groups -OCH3 is 1. The van der Waals surface area contributed by atoms with Gasteiger partial charge in [0.25, 0.3) is 0 Å². The molecular weight excluding hydrogens is 244 g/mol. The molecule has 0 radical (unpaired) electrons. The van der Waals surface area contributed by atoms with Gasteiger partial charge in [0, 0.05) is 7.11 Å². The zero-order valence-corrected chi connectivity index (χ0v) is 12.6. The number of carbonyl (C=O) groups is 2. The van der Waals surface area contributed by atoms with Crippen molar-refractivity contribution in [1.29, 1.82) is 0 Å². The molecule has 0 spiro atoms. The summed E-state index contributed by atoms with van der Waals surface area (Å²) in [5.74, 6) is 0.0616. The summed E-state index contributed by atoms with van der Waals surface area (Å²) in [5.41, 5.74) is 0. The lowest BCUT2D eigenvalue weighted by atomic mass is 9.94. The summed E-state index contributed by atoms with van der Waals surface area (Å²) in [6.07, 6.45) is 1.56. The zero-order valence-electron chi connectivity index (χ0n) is 12.6. The molecule has 1 heterocycles. The molecule has 1 aliphatic heterocycles. The van der Waals surface area contributed by atoms with E-state index in [2.05, 4.69) is 5.32 Å². The second kappa shape index (κ2) is 6.89. The van der Waals surface area contributed by atoms with Gasteiger partial charge in [-0.3, -0.25) is 9.59 Å². The molecule has 0 aromatic carbocycles. The first-order valence-electron chi connectivity index (χ1n) is 7.05. The Kier molecular flexibility index (Phi) is 5.79. The zero-order chi connectivity index (χ0) is 14.6. The standard InChI is InChI=1S/C14H26N2O3/c1-6-7-11-14(18)16(10(4)8-19-5)12(9(2)3)13(17)15-11/h9-12H,6-8H2,1-5H3,(H,15,17). The van der Waals surface area contributed by atoms with E-state index in [0.29, 0.717) is 13.0 Å². The second-order valence-electron chi connectivity index (χ2n) is 5.59. The van der Waals surface area contributed by atoms with Crippen LogP contribution in [0, 0.1) is 5.92 Å². The van der Waals surface area contributed by atoms with Crippen LogP contribution in [0.5, 0.6) is 0 Å². The van der Waals surface area contributed by atoms with Gasteiger partial charge in [-0.15, -0.1) is 0 Å². The van der Waals surface area contributed by atoms with Gasteiger partial charge in [0.2, 0.25) is 11.8 Å².